The van der Waals surface area contributed by atoms with Crippen molar-refractivity contribution in [2.75, 3.05) is 33.2 Å². The SMILES string of the molecule is COc1ccc(N=C2S[C@@H](C(=O)Nc3cccc(C)c3)CC(=O)N2CCc2ccc(OC)c(OC)c2)cc1. The first-order valence-corrected chi connectivity index (χ1v) is 13.1. The molecular weight excluding hydrogens is 502 g/mol. The lowest BCUT2D eigenvalue weighted by molar-refractivity contribution is -0.129. The van der Waals surface area contributed by atoms with E-state index in [1.54, 1.807) is 26.2 Å². The fourth-order valence-electron chi connectivity index (χ4n) is 4.05. The van der Waals surface area contributed by atoms with E-state index in [0.717, 1.165) is 11.1 Å². The normalized spacial score (nSPS) is 16.3. The largest absolute Gasteiger partial charge is 0.497 e. The average Bonchev–Trinajstić information content (AvgIpc) is 2.92. The molecule has 0 saturated carbocycles. The highest BCUT2D eigenvalue weighted by molar-refractivity contribution is 8.15. The zero-order valence-corrected chi connectivity index (χ0v) is 22.7. The van der Waals surface area contributed by atoms with Crippen LogP contribution in [0.25, 0.3) is 0 Å². The van der Waals surface area contributed by atoms with Gasteiger partial charge in [-0.25, -0.2) is 4.99 Å². The van der Waals surface area contributed by atoms with Gasteiger partial charge < -0.3 is 19.5 Å². The van der Waals surface area contributed by atoms with Crippen LogP contribution in [0.5, 0.6) is 17.2 Å². The molecule has 1 heterocycles. The Morgan fingerprint density at radius 2 is 1.76 bits per heavy atom. The van der Waals surface area contributed by atoms with Crippen LogP contribution >= 0.6 is 11.8 Å². The lowest BCUT2D eigenvalue weighted by atomic mass is 10.1. The third-order valence-electron chi connectivity index (χ3n) is 6.09. The van der Waals surface area contributed by atoms with Crippen molar-refractivity contribution in [2.45, 2.75) is 25.0 Å². The van der Waals surface area contributed by atoms with Crippen molar-refractivity contribution >= 4 is 40.1 Å². The van der Waals surface area contributed by atoms with Crippen molar-refractivity contribution < 1.29 is 23.8 Å². The molecule has 38 heavy (non-hydrogen) atoms. The third kappa shape index (κ3) is 6.66. The first kappa shape index (κ1) is 27.1. The Hall–Kier alpha value is -3.98. The number of thioether (sulfide) groups is 1. The predicted molar refractivity (Wildman–Crippen MR) is 151 cm³/mol. The van der Waals surface area contributed by atoms with Crippen LogP contribution in [-0.2, 0) is 16.0 Å². The predicted octanol–water partition coefficient (Wildman–Crippen LogP) is 5.22. The Morgan fingerprint density at radius 3 is 2.45 bits per heavy atom. The molecule has 0 radical (unpaired) electrons. The van der Waals surface area contributed by atoms with Gasteiger partial charge in [0.25, 0.3) is 0 Å². The van der Waals surface area contributed by atoms with E-state index in [-0.39, 0.29) is 18.2 Å². The van der Waals surface area contributed by atoms with Crippen LogP contribution in [0.3, 0.4) is 0 Å². The Balaban J connectivity index is 1.56. The molecule has 3 aromatic rings. The monoisotopic (exact) mass is 533 g/mol. The van der Waals surface area contributed by atoms with E-state index in [1.807, 2.05) is 73.7 Å². The number of benzene rings is 3. The summed E-state index contributed by atoms with van der Waals surface area (Å²) in [7, 11) is 4.78. The van der Waals surface area contributed by atoms with Gasteiger partial charge >= 0.3 is 0 Å². The van der Waals surface area contributed by atoms with E-state index >= 15 is 0 Å². The quantitative estimate of drug-likeness (QED) is 0.406. The molecule has 1 saturated heterocycles. The Bertz CT molecular complexity index is 1330. The summed E-state index contributed by atoms with van der Waals surface area (Å²) in [6.07, 6.45) is 0.657. The van der Waals surface area contributed by atoms with Crippen LogP contribution in [0.15, 0.2) is 71.7 Å². The molecule has 1 atom stereocenters. The molecule has 9 heteroatoms. The van der Waals surface area contributed by atoms with Gasteiger partial charge in [0, 0.05) is 18.7 Å². The number of nitrogens with one attached hydrogen (secondary N) is 1. The summed E-state index contributed by atoms with van der Waals surface area (Å²) < 4.78 is 16.0. The first-order valence-electron chi connectivity index (χ1n) is 12.2. The second-order valence-electron chi connectivity index (χ2n) is 8.75. The van der Waals surface area contributed by atoms with Gasteiger partial charge in [0.15, 0.2) is 16.7 Å². The van der Waals surface area contributed by atoms with Gasteiger partial charge in [-0.15, -0.1) is 0 Å². The second kappa shape index (κ2) is 12.5. The number of carbonyl (C=O) groups is 2. The van der Waals surface area contributed by atoms with Gasteiger partial charge in [-0.05, 0) is 73.0 Å². The van der Waals surface area contributed by atoms with E-state index in [1.165, 1.54) is 11.8 Å². The molecule has 0 aromatic heterocycles. The fourth-order valence-corrected chi connectivity index (χ4v) is 5.18. The van der Waals surface area contributed by atoms with Crippen LogP contribution < -0.4 is 19.5 Å². The van der Waals surface area contributed by atoms with E-state index in [2.05, 4.69) is 5.32 Å². The number of hydrogen-bond acceptors (Lipinski definition) is 7. The van der Waals surface area contributed by atoms with Gasteiger partial charge in [0.05, 0.1) is 27.0 Å². The minimum Gasteiger partial charge on any atom is -0.497 e. The maximum absolute atomic E-state index is 13.3. The molecular formula is C29H31N3O5S. The van der Waals surface area contributed by atoms with Crippen molar-refractivity contribution in [3.8, 4) is 17.2 Å². The molecule has 8 nitrogen and oxygen atoms in total. The molecule has 1 aliphatic rings. The van der Waals surface area contributed by atoms with Crippen molar-refractivity contribution in [2.24, 2.45) is 4.99 Å². The summed E-state index contributed by atoms with van der Waals surface area (Å²) in [5, 5.41) is 2.82. The standard InChI is InChI=1S/C29H31N3O5S/c1-19-6-5-7-22(16-19)30-28(34)26-18-27(33)32(15-14-20-8-13-24(36-3)25(17-20)37-4)29(38-26)31-21-9-11-23(35-2)12-10-21/h5-13,16-17,26H,14-15,18H2,1-4H3,(H,30,34)/t26-/m1/s1. The summed E-state index contributed by atoms with van der Waals surface area (Å²) >= 11 is 1.30. The number of nitrogens with zero attached hydrogens (tertiary/aromatic N) is 2. The van der Waals surface area contributed by atoms with Crippen LogP contribution in [0.4, 0.5) is 11.4 Å². The number of amidine groups is 1. The van der Waals surface area contributed by atoms with Gasteiger partial charge in [0.1, 0.15) is 11.0 Å². The zero-order chi connectivity index (χ0) is 27.1. The molecule has 0 aliphatic carbocycles. The van der Waals surface area contributed by atoms with E-state index in [9.17, 15) is 9.59 Å². The minimum atomic E-state index is -0.600. The van der Waals surface area contributed by atoms with E-state index in [0.29, 0.717) is 46.8 Å². The number of carbonyl (C=O) groups excluding carboxylic acids is 2. The third-order valence-corrected chi connectivity index (χ3v) is 7.27. The van der Waals surface area contributed by atoms with Crippen LogP contribution in [0.2, 0.25) is 0 Å². The lowest BCUT2D eigenvalue weighted by Gasteiger charge is -2.32. The molecule has 1 aliphatic heterocycles. The van der Waals surface area contributed by atoms with Crippen molar-refractivity contribution in [3.63, 3.8) is 0 Å². The molecule has 0 bridgehead atoms. The average molecular weight is 534 g/mol. The molecule has 1 fully saturated rings. The summed E-state index contributed by atoms with van der Waals surface area (Å²) in [5.74, 6) is 1.60. The summed E-state index contributed by atoms with van der Waals surface area (Å²) in [4.78, 5) is 32.9. The Kier molecular flexibility index (Phi) is 8.91. The van der Waals surface area contributed by atoms with Crippen LogP contribution in [-0.4, -0.2) is 55.0 Å². The van der Waals surface area contributed by atoms with Crippen LogP contribution in [0.1, 0.15) is 17.5 Å². The number of aliphatic imine (C=N–C) groups is 1. The van der Waals surface area contributed by atoms with Gasteiger partial charge in [-0.3, -0.25) is 14.5 Å². The molecule has 4 rings (SSSR count). The number of aryl methyl sites for hydroxylation is 1. The lowest BCUT2D eigenvalue weighted by Crippen LogP contribution is -2.46. The van der Waals surface area contributed by atoms with Crippen LogP contribution in [0, 0.1) is 6.92 Å². The van der Waals surface area contributed by atoms with Gasteiger partial charge in [-0.1, -0.05) is 30.0 Å². The highest BCUT2D eigenvalue weighted by atomic mass is 32.2. The Labute approximate surface area is 227 Å². The fraction of sp³-hybridized carbons (Fsp3) is 0.276. The number of methoxy groups -OCH3 is 3. The zero-order valence-electron chi connectivity index (χ0n) is 21.9. The molecule has 198 valence electrons. The molecule has 0 unspecified atom stereocenters. The summed E-state index contributed by atoms with van der Waals surface area (Å²) in [6.45, 7) is 2.37. The number of hydrogen-bond donors (Lipinski definition) is 1. The maximum Gasteiger partial charge on any atom is 0.238 e. The van der Waals surface area contributed by atoms with Crippen molar-refractivity contribution in [1.29, 1.82) is 0 Å². The molecule has 2 amide bonds. The Morgan fingerprint density at radius 1 is 1.00 bits per heavy atom. The summed E-state index contributed by atoms with van der Waals surface area (Å²) in [5.41, 5.74) is 3.39. The number of rotatable bonds is 9. The van der Waals surface area contributed by atoms with Gasteiger partial charge in [-0.2, -0.15) is 0 Å². The number of anilines is 1. The maximum atomic E-state index is 13.3. The second-order valence-corrected chi connectivity index (χ2v) is 9.92. The van der Waals surface area contributed by atoms with E-state index < -0.39 is 5.25 Å². The van der Waals surface area contributed by atoms with Gasteiger partial charge in [0.2, 0.25) is 11.8 Å². The van der Waals surface area contributed by atoms with Crippen molar-refractivity contribution in [1.82, 2.24) is 4.90 Å². The number of ether oxygens (including phenoxy) is 3. The smallest absolute Gasteiger partial charge is 0.238 e. The molecule has 0 spiro atoms. The highest BCUT2D eigenvalue weighted by Gasteiger charge is 2.36. The topological polar surface area (TPSA) is 89.5 Å². The minimum absolute atomic E-state index is 0.0792. The van der Waals surface area contributed by atoms with E-state index in [4.69, 9.17) is 19.2 Å². The number of amides is 2. The molecule has 1 N–H and O–H groups in total. The molecule has 3 aromatic carbocycles. The van der Waals surface area contributed by atoms with Crippen molar-refractivity contribution in [3.05, 3.63) is 77.9 Å². The highest BCUT2D eigenvalue weighted by Crippen LogP contribution is 2.32. The summed E-state index contributed by atoms with van der Waals surface area (Å²) in [6, 6.07) is 20.5. The first-order chi connectivity index (χ1) is 18.4.